The molecule has 0 saturated heterocycles. The van der Waals surface area contributed by atoms with Crippen LogP contribution in [0.2, 0.25) is 13.1 Å². The Morgan fingerprint density at radius 2 is 1.71 bits per heavy atom. The average molecular weight is 160 g/mol. The summed E-state index contributed by atoms with van der Waals surface area (Å²) in [6.45, 7) is 3.28. The van der Waals surface area contributed by atoms with Crippen molar-refractivity contribution in [2.24, 2.45) is 0 Å². The molecule has 0 unspecified atom stereocenters. The van der Waals surface area contributed by atoms with Gasteiger partial charge in [-0.15, -0.1) is 0 Å². The predicted octanol–water partition coefficient (Wildman–Crippen LogP) is -4.65. The van der Waals surface area contributed by atoms with Crippen molar-refractivity contribution < 1.29 is 60.3 Å². The van der Waals surface area contributed by atoms with Gasteiger partial charge in [-0.05, 0) is 0 Å². The van der Waals surface area contributed by atoms with Gasteiger partial charge in [0.2, 0.25) is 0 Å². The van der Waals surface area contributed by atoms with Gasteiger partial charge in [0.1, 0.15) is 10.5 Å². The normalized spacial score (nSPS) is 10.7. The van der Waals surface area contributed by atoms with E-state index in [0.717, 1.165) is 0 Å². The molecular weight excluding hydrogens is 151 g/mol. The Bertz CT molecular complexity index is 43.4. The fourth-order valence-corrected chi connectivity index (χ4v) is 0. The Morgan fingerprint density at radius 1 is 1.57 bits per heavy atom. The monoisotopic (exact) mass is 160 g/mol. The van der Waals surface area contributed by atoms with Gasteiger partial charge in [-0.1, -0.05) is 13.1 Å². The zero-order valence-corrected chi connectivity index (χ0v) is 11.4. The molecule has 0 aromatic heterocycles. The first-order chi connectivity index (χ1) is 2.56. The second-order valence-electron chi connectivity index (χ2n) is 1.60. The van der Waals surface area contributed by atoms with Crippen molar-refractivity contribution in [1.29, 1.82) is 0 Å². The van der Waals surface area contributed by atoms with Crippen LogP contribution in [0.15, 0.2) is 0 Å². The molecule has 0 spiro atoms. The van der Waals surface area contributed by atoms with Crippen molar-refractivity contribution in [3.8, 4) is 0 Å². The molecule has 0 bridgehead atoms. The minimum atomic E-state index is -2.32. The smallest absolute Gasteiger partial charge is 0.839 e. The molecule has 0 saturated carbocycles. The number of rotatable bonds is 1. The summed E-state index contributed by atoms with van der Waals surface area (Å²) in [7, 11) is -1.72. The standard InChI is InChI=1S/C2H9O2Si2.K/c1-6(2,3)4-5;/h1-2,5H3;/q-1;+1. The van der Waals surface area contributed by atoms with E-state index in [1.165, 1.54) is 0 Å². The van der Waals surface area contributed by atoms with Gasteiger partial charge < -0.3 is 8.91 Å². The zero-order valence-electron chi connectivity index (χ0n) is 5.32. The Hall–Kier alpha value is 1.99. The molecule has 0 fully saturated rings. The average Bonchev–Trinajstić information content (AvgIpc) is 1.35. The van der Waals surface area contributed by atoms with Crippen LogP contribution in [0.1, 0.15) is 0 Å². The van der Waals surface area contributed by atoms with Gasteiger partial charge in [0, 0.05) is 0 Å². The van der Waals surface area contributed by atoms with Crippen LogP contribution >= 0.6 is 0 Å². The van der Waals surface area contributed by atoms with E-state index < -0.39 is 8.56 Å². The van der Waals surface area contributed by atoms with E-state index in [4.69, 9.17) is 0 Å². The van der Waals surface area contributed by atoms with Crippen LogP contribution in [0.4, 0.5) is 0 Å². The van der Waals surface area contributed by atoms with Crippen molar-refractivity contribution in [2.45, 2.75) is 13.1 Å². The third kappa shape index (κ3) is 11.5. The van der Waals surface area contributed by atoms with Crippen LogP contribution in [-0.2, 0) is 4.12 Å². The van der Waals surface area contributed by atoms with Crippen molar-refractivity contribution >= 4 is 19.0 Å². The molecule has 5 heteroatoms. The summed E-state index contributed by atoms with van der Waals surface area (Å²) in [5, 5.41) is 0. The third-order valence-electron chi connectivity index (χ3n) is 0.492. The maximum Gasteiger partial charge on any atom is 1.00 e. The first-order valence-electron chi connectivity index (χ1n) is 1.82. The molecule has 0 N–H and O–H groups in total. The molecule has 0 rings (SSSR count). The molecule has 0 aliphatic heterocycles. The van der Waals surface area contributed by atoms with E-state index in [0.29, 0.717) is 10.5 Å². The van der Waals surface area contributed by atoms with Crippen LogP contribution in [0.3, 0.4) is 0 Å². The van der Waals surface area contributed by atoms with Crippen molar-refractivity contribution in [3.63, 3.8) is 0 Å². The summed E-state index contributed by atoms with van der Waals surface area (Å²) < 4.78 is 4.66. The van der Waals surface area contributed by atoms with Gasteiger partial charge in [0.25, 0.3) is 0 Å². The number of hydrogen-bond acceptors (Lipinski definition) is 2. The van der Waals surface area contributed by atoms with Crippen LogP contribution in [0.25, 0.3) is 0 Å². The largest absolute Gasteiger partial charge is 1.00 e. The maximum atomic E-state index is 10.4. The van der Waals surface area contributed by atoms with Crippen LogP contribution in [0, 0.1) is 0 Å². The van der Waals surface area contributed by atoms with Crippen LogP contribution in [-0.4, -0.2) is 19.0 Å². The first-order valence-corrected chi connectivity index (χ1v) is 5.45. The van der Waals surface area contributed by atoms with Gasteiger partial charge >= 0.3 is 51.4 Å². The molecule has 0 aliphatic carbocycles. The molecule has 0 aromatic carbocycles. The number of hydrogen-bond donors (Lipinski definition) is 0. The van der Waals surface area contributed by atoms with Crippen molar-refractivity contribution in [3.05, 3.63) is 0 Å². The summed E-state index contributed by atoms with van der Waals surface area (Å²) in [5.41, 5.74) is 0. The maximum absolute atomic E-state index is 10.4. The SMILES string of the molecule is C[Si](C)([O-])O[SiH3].[K+]. The molecule has 0 aromatic rings. The molecule has 0 atom stereocenters. The molecule has 0 aliphatic rings. The minimum absolute atomic E-state index is 0. The zero-order chi connectivity index (χ0) is 5.21. The molecule has 38 valence electrons. The van der Waals surface area contributed by atoms with E-state index >= 15 is 0 Å². The van der Waals surface area contributed by atoms with Gasteiger partial charge in [0.05, 0.1) is 8.56 Å². The predicted molar refractivity (Wildman–Crippen MR) is 28.5 cm³/mol. The molecule has 0 radical (unpaired) electrons. The fourth-order valence-electron chi connectivity index (χ4n) is 0. The van der Waals surface area contributed by atoms with Gasteiger partial charge in [-0.2, -0.15) is 0 Å². The molecular formula is C2H9KO2Si2. The molecule has 0 heterocycles. The third-order valence-corrected chi connectivity index (χ3v) is 4.42. The van der Waals surface area contributed by atoms with Crippen molar-refractivity contribution in [2.75, 3.05) is 0 Å². The van der Waals surface area contributed by atoms with E-state index in [9.17, 15) is 4.80 Å². The van der Waals surface area contributed by atoms with E-state index in [1.54, 1.807) is 13.1 Å². The molecule has 0 amide bonds. The van der Waals surface area contributed by atoms with E-state index in [2.05, 4.69) is 4.12 Å². The summed E-state index contributed by atoms with van der Waals surface area (Å²) in [6, 6.07) is 0. The summed E-state index contributed by atoms with van der Waals surface area (Å²) in [6.07, 6.45) is 0. The van der Waals surface area contributed by atoms with Crippen LogP contribution in [0.5, 0.6) is 0 Å². The summed E-state index contributed by atoms with van der Waals surface area (Å²) in [4.78, 5) is 10.4. The summed E-state index contributed by atoms with van der Waals surface area (Å²) >= 11 is 0. The molecule has 2 nitrogen and oxygen atoms in total. The van der Waals surface area contributed by atoms with Crippen molar-refractivity contribution in [1.82, 2.24) is 0 Å². The molecule has 7 heavy (non-hydrogen) atoms. The Kier molecular flexibility index (Phi) is 8.11. The van der Waals surface area contributed by atoms with Crippen LogP contribution < -0.4 is 56.2 Å². The fraction of sp³-hybridized carbons (Fsp3) is 1.00. The Morgan fingerprint density at radius 3 is 1.71 bits per heavy atom. The van der Waals surface area contributed by atoms with E-state index in [-0.39, 0.29) is 51.4 Å². The Balaban J connectivity index is 0. The van der Waals surface area contributed by atoms with Gasteiger partial charge in [-0.3, -0.25) is 0 Å². The van der Waals surface area contributed by atoms with Gasteiger partial charge in [-0.25, -0.2) is 0 Å². The quantitative estimate of drug-likeness (QED) is 0.361. The van der Waals surface area contributed by atoms with Gasteiger partial charge in [0.15, 0.2) is 0 Å². The minimum Gasteiger partial charge on any atom is -0.839 e. The second-order valence-corrected chi connectivity index (χ2v) is 6.04. The van der Waals surface area contributed by atoms with E-state index in [1.807, 2.05) is 0 Å². The Labute approximate surface area is 90.9 Å². The second kappa shape index (κ2) is 4.83. The summed E-state index contributed by atoms with van der Waals surface area (Å²) in [5.74, 6) is 0. The first kappa shape index (κ1) is 11.7. The topological polar surface area (TPSA) is 32.3 Å².